The molecule has 0 saturated heterocycles. The fraction of sp³-hybridized carbons (Fsp3) is 0.909. The highest BCUT2D eigenvalue weighted by Crippen LogP contribution is 2.48. The third-order valence-corrected chi connectivity index (χ3v) is 14.9. The smallest absolute Gasteiger partial charge is 0.373 e. The first-order valence-corrected chi connectivity index (χ1v) is 24.2. The van der Waals surface area contributed by atoms with Crippen LogP contribution in [0, 0.1) is 45.3 Å². The first-order chi connectivity index (χ1) is 29.7. The Morgan fingerprint density at radius 1 is 0.453 bits per heavy atom. The molecule has 10 N–H and O–H groups in total. The number of esters is 2. The largest absolute Gasteiger partial charge is 0.481 e. The number of carboxylic acid groups (broad SMARTS) is 2. The number of carbonyl (C=O) groups is 4. The highest BCUT2D eigenvalue weighted by molar-refractivity contribution is 6.46. The number of rotatable bonds is 18. The summed E-state index contributed by atoms with van der Waals surface area (Å²) in [6.07, 6.45) is 9.91. The average Bonchev–Trinajstić information content (AvgIpc) is 3.91. The molecule has 12 atom stereocenters. The van der Waals surface area contributed by atoms with E-state index in [0.717, 1.165) is 64.2 Å². The molecule has 0 bridgehead atoms. The summed E-state index contributed by atoms with van der Waals surface area (Å²) < 4.78 is 10.4. The van der Waals surface area contributed by atoms with E-state index in [1.54, 1.807) is 27.3 Å². The summed E-state index contributed by atoms with van der Waals surface area (Å²) in [5.41, 5.74) is -2.09. The number of hydrogen-bond acceptors (Lipinski definition) is 14. The van der Waals surface area contributed by atoms with Gasteiger partial charge in [-0.05, 0) is 168 Å². The molecule has 0 amide bonds. The minimum Gasteiger partial charge on any atom is -0.481 e. The number of hydrogen-bond donors (Lipinski definition) is 10. The van der Waals surface area contributed by atoms with E-state index in [0.29, 0.717) is 37.9 Å². The molecule has 64 heavy (non-hydrogen) atoms. The molecular weight excluding hydrogens is 820 g/mol. The molecule has 0 spiro atoms. The van der Waals surface area contributed by atoms with E-state index in [1.165, 1.54) is 0 Å². The Morgan fingerprint density at radius 3 is 0.812 bits per heavy atom. The van der Waals surface area contributed by atoms with Crippen LogP contribution in [-0.2, 0) is 28.7 Å². The van der Waals surface area contributed by atoms with Crippen LogP contribution in [0.15, 0.2) is 0 Å². The maximum atomic E-state index is 12.1. The predicted octanol–water partition coefficient (Wildman–Crippen LogP) is 4.82. The first kappa shape index (κ1) is 59.8. The highest BCUT2D eigenvalue weighted by atomic mass is 16.5. The van der Waals surface area contributed by atoms with E-state index in [4.69, 9.17) is 9.47 Å². The van der Waals surface area contributed by atoms with Crippen LogP contribution in [0.4, 0.5) is 0 Å². The van der Waals surface area contributed by atoms with Gasteiger partial charge in [0.15, 0.2) is 0 Å². The molecule has 4 rings (SSSR count). The molecule has 0 aromatic carbocycles. The van der Waals surface area contributed by atoms with Crippen LogP contribution in [0.1, 0.15) is 146 Å². The zero-order chi connectivity index (χ0) is 49.4. The Morgan fingerprint density at radius 2 is 0.656 bits per heavy atom. The van der Waals surface area contributed by atoms with E-state index in [9.17, 15) is 49.5 Å². The van der Waals surface area contributed by atoms with Crippen molar-refractivity contribution in [2.24, 2.45) is 45.3 Å². The summed E-state index contributed by atoms with van der Waals surface area (Å²) >= 11 is 0. The quantitative estimate of drug-likeness (QED) is 0.0654. The number of nitrogens with one attached hydrogen (secondary N) is 4. The normalized spacial score (nSPS) is 33.9. The van der Waals surface area contributed by atoms with Crippen molar-refractivity contribution in [2.75, 3.05) is 13.2 Å². The lowest BCUT2D eigenvalue weighted by Gasteiger charge is -2.28. The van der Waals surface area contributed by atoms with Gasteiger partial charge in [0.25, 0.3) is 0 Å². The third-order valence-electron chi connectivity index (χ3n) is 14.9. The van der Waals surface area contributed by atoms with Crippen LogP contribution >= 0.6 is 0 Å². The number of ether oxygens (including phenoxy) is 2. The van der Waals surface area contributed by atoms with Gasteiger partial charge in [0, 0.05) is 0 Å². The van der Waals surface area contributed by atoms with E-state index >= 15 is 0 Å². The van der Waals surface area contributed by atoms with Crippen LogP contribution in [0.5, 0.6) is 0 Å². The zero-order valence-corrected chi connectivity index (χ0v) is 42.0. The fourth-order valence-electron chi connectivity index (χ4n) is 11.4. The molecule has 4 aliphatic carbocycles. The van der Waals surface area contributed by atoms with Gasteiger partial charge in [0.2, 0.25) is 0 Å². The van der Waals surface area contributed by atoms with E-state index in [1.807, 2.05) is 55.4 Å². The second kappa shape index (κ2) is 27.0. The molecule has 0 aliphatic heterocycles. The molecular formula is C44H88B4N4O12. The van der Waals surface area contributed by atoms with Crippen molar-refractivity contribution in [3.63, 3.8) is 0 Å². The van der Waals surface area contributed by atoms with Gasteiger partial charge >= 0.3 is 52.1 Å². The first-order valence-electron chi connectivity index (χ1n) is 24.2. The SMILES string of the molecule is CCOC(=O)[C@@]1(C)C[C@H](NB(C)O)C[C@@H]1CC.CCOC(=O)[C@]1(C)C[C@@H](NB(C)O)C[C@H]1CC.CC[C@@H]1C[C@H](NB(C)O)C[C@@]1(C)C(=O)O.CC[C@H]1C[C@@H](NB(C)O)C[C@]1(C)C(=O)O. The standard InChI is InChI=1S/2C12H24BNO3.2C10H20BNO3/c2*1-5-9-7-10(14-13(4)16)8-12(9,3)11(15)17-6-2;2*1-4-7-5-8(12-11(3)15)6-10(7,2)9(13)14/h2*9-10,14,16H,5-8H2,1-4H3;2*7-8,12,15H,4-6H2,1-3H3,(H,13,14)/t2*9-,10+,12-;2*7-,8+,10-/m1010/s1. The van der Waals surface area contributed by atoms with Crippen molar-refractivity contribution in [3.8, 4) is 0 Å². The summed E-state index contributed by atoms with van der Waals surface area (Å²) in [7, 11) is -2.18. The Bertz CT molecular complexity index is 1350. The number of carboxylic acids is 2. The topological polar surface area (TPSA) is 256 Å². The molecule has 0 unspecified atom stereocenters. The molecule has 0 aromatic rings. The summed E-state index contributed by atoms with van der Waals surface area (Å²) in [4.78, 5) is 46.6. The van der Waals surface area contributed by atoms with Crippen LogP contribution in [0.3, 0.4) is 0 Å². The lowest BCUT2D eigenvalue weighted by atomic mass is 9.78. The van der Waals surface area contributed by atoms with Gasteiger partial charge in [-0.25, -0.2) is 0 Å². The molecule has 4 saturated carbocycles. The van der Waals surface area contributed by atoms with Gasteiger partial charge in [-0.15, -0.1) is 0 Å². The number of carbonyl (C=O) groups excluding carboxylic acids is 2. The highest BCUT2D eigenvalue weighted by Gasteiger charge is 2.52. The maximum absolute atomic E-state index is 12.1. The number of aliphatic carboxylic acids is 2. The van der Waals surface area contributed by atoms with Gasteiger partial charge in [-0.2, -0.15) is 0 Å². The Balaban J connectivity index is 0.000000427. The maximum Gasteiger partial charge on any atom is 0.373 e. The summed E-state index contributed by atoms with van der Waals surface area (Å²) in [5, 5.41) is 67.9. The molecule has 4 aliphatic rings. The summed E-state index contributed by atoms with van der Waals surface area (Å²) in [5.74, 6) is -0.565. The van der Waals surface area contributed by atoms with E-state index in [2.05, 4.69) is 34.8 Å². The molecule has 4 fully saturated rings. The van der Waals surface area contributed by atoms with Crippen molar-refractivity contribution in [3.05, 3.63) is 0 Å². The van der Waals surface area contributed by atoms with Crippen molar-refractivity contribution in [2.45, 2.75) is 198 Å². The Labute approximate surface area is 387 Å². The van der Waals surface area contributed by atoms with E-state index < -0.39 is 61.8 Å². The van der Waals surface area contributed by atoms with Gasteiger partial charge in [-0.1, -0.05) is 53.4 Å². The molecule has 0 aromatic heterocycles. The van der Waals surface area contributed by atoms with Crippen LogP contribution in [0.25, 0.3) is 0 Å². The lowest BCUT2D eigenvalue weighted by molar-refractivity contribution is -0.157. The monoisotopic (exact) mass is 909 g/mol. The van der Waals surface area contributed by atoms with Gasteiger partial charge in [-0.3, -0.25) is 19.2 Å². The Hall–Kier alpha value is -2.18. The third kappa shape index (κ3) is 16.6. The average molecular weight is 908 g/mol. The minimum absolute atomic E-state index is 0.0956. The van der Waals surface area contributed by atoms with Crippen molar-refractivity contribution in [1.29, 1.82) is 0 Å². The van der Waals surface area contributed by atoms with Crippen molar-refractivity contribution in [1.82, 2.24) is 20.9 Å². The molecule has 368 valence electrons. The Kier molecular flexibility index (Phi) is 25.2. The van der Waals surface area contributed by atoms with Crippen LogP contribution in [-0.4, -0.2) is 120 Å². The lowest BCUT2D eigenvalue weighted by Crippen LogP contribution is -2.40. The molecule has 0 radical (unpaired) electrons. The van der Waals surface area contributed by atoms with Crippen LogP contribution in [0.2, 0.25) is 27.3 Å². The summed E-state index contributed by atoms with van der Waals surface area (Å²) in [6, 6.07) is 0.649. The van der Waals surface area contributed by atoms with Gasteiger partial charge < -0.3 is 60.7 Å². The van der Waals surface area contributed by atoms with Crippen molar-refractivity contribution >= 4 is 52.1 Å². The predicted molar refractivity (Wildman–Crippen MR) is 256 cm³/mol. The minimum atomic E-state index is -0.718. The second-order valence-corrected chi connectivity index (χ2v) is 20.1. The molecule has 20 heteroatoms. The van der Waals surface area contributed by atoms with Gasteiger partial charge in [0.1, 0.15) is 0 Å². The van der Waals surface area contributed by atoms with Crippen LogP contribution < -0.4 is 20.9 Å². The summed E-state index contributed by atoms with van der Waals surface area (Å²) in [6.45, 7) is 27.1. The van der Waals surface area contributed by atoms with Gasteiger partial charge in [0.05, 0.1) is 34.9 Å². The van der Waals surface area contributed by atoms with E-state index in [-0.39, 0.29) is 47.9 Å². The molecule has 0 heterocycles. The second-order valence-electron chi connectivity index (χ2n) is 20.1. The van der Waals surface area contributed by atoms with Crippen molar-refractivity contribution < 1.29 is 59.0 Å². The zero-order valence-electron chi connectivity index (χ0n) is 42.0. The fourth-order valence-corrected chi connectivity index (χ4v) is 11.4. The molecule has 16 nitrogen and oxygen atoms in total.